The van der Waals surface area contributed by atoms with Crippen molar-refractivity contribution in [1.82, 2.24) is 9.97 Å². The first-order valence-corrected chi connectivity index (χ1v) is 4.07. The topological polar surface area (TPSA) is 25.8 Å². The minimum absolute atomic E-state index is 0.349. The van der Waals surface area contributed by atoms with Gasteiger partial charge in [0.2, 0.25) is 0 Å². The van der Waals surface area contributed by atoms with E-state index in [9.17, 15) is 4.39 Å². The third-order valence-electron chi connectivity index (χ3n) is 1.69. The molecule has 66 valence electrons. The van der Waals surface area contributed by atoms with E-state index in [4.69, 9.17) is 0 Å². The summed E-state index contributed by atoms with van der Waals surface area (Å²) >= 11 is 0. The van der Waals surface area contributed by atoms with Crippen LogP contribution in [0.25, 0.3) is 0 Å². The van der Waals surface area contributed by atoms with E-state index >= 15 is 0 Å². The summed E-state index contributed by atoms with van der Waals surface area (Å²) in [5, 5.41) is 0. The molecule has 0 radical (unpaired) electrons. The second-order valence-electron chi connectivity index (χ2n) is 3.14. The van der Waals surface area contributed by atoms with Crippen molar-refractivity contribution in [1.29, 1.82) is 0 Å². The van der Waals surface area contributed by atoms with E-state index in [1.807, 2.05) is 13.8 Å². The minimum Gasteiger partial charge on any atom is -0.257 e. The molecular formula is C9H13FN2. The van der Waals surface area contributed by atoms with Gasteiger partial charge in [0, 0.05) is 6.20 Å². The first-order valence-electron chi connectivity index (χ1n) is 4.07. The van der Waals surface area contributed by atoms with Gasteiger partial charge in [-0.1, -0.05) is 13.8 Å². The predicted molar refractivity (Wildman–Crippen MR) is 45.6 cm³/mol. The molecule has 1 heterocycles. The van der Waals surface area contributed by atoms with Gasteiger partial charge in [0.15, 0.2) is 0 Å². The third-order valence-corrected chi connectivity index (χ3v) is 1.69. The zero-order valence-electron chi connectivity index (χ0n) is 7.58. The van der Waals surface area contributed by atoms with Crippen LogP contribution in [0.15, 0.2) is 12.4 Å². The monoisotopic (exact) mass is 168 g/mol. The lowest BCUT2D eigenvalue weighted by atomic mass is 10.1. The van der Waals surface area contributed by atoms with Crippen LogP contribution in [0, 0.1) is 0 Å². The van der Waals surface area contributed by atoms with E-state index in [1.54, 1.807) is 6.20 Å². The number of alkyl halides is 1. The fourth-order valence-corrected chi connectivity index (χ4v) is 0.852. The molecule has 0 saturated heterocycles. The summed E-state index contributed by atoms with van der Waals surface area (Å²) in [5.41, 5.74) is 1.30. The van der Waals surface area contributed by atoms with Crippen LogP contribution in [0.3, 0.4) is 0 Å². The van der Waals surface area contributed by atoms with E-state index in [1.165, 1.54) is 13.1 Å². The molecule has 0 aliphatic heterocycles. The zero-order chi connectivity index (χ0) is 9.14. The minimum atomic E-state index is -1.03. The molecule has 0 aliphatic carbocycles. The number of halogens is 1. The van der Waals surface area contributed by atoms with Crippen molar-refractivity contribution in [3.05, 3.63) is 23.8 Å². The number of rotatable bonds is 2. The Labute approximate surface area is 71.9 Å². The highest BCUT2D eigenvalue weighted by atomic mass is 19.1. The lowest BCUT2D eigenvalue weighted by Crippen LogP contribution is -1.97. The molecule has 1 unspecified atom stereocenters. The van der Waals surface area contributed by atoms with E-state index in [2.05, 4.69) is 9.97 Å². The molecule has 1 aromatic heterocycles. The Morgan fingerprint density at radius 3 is 1.92 bits per heavy atom. The quantitative estimate of drug-likeness (QED) is 0.678. The molecule has 2 nitrogen and oxygen atoms in total. The molecular weight excluding hydrogens is 155 g/mol. The Morgan fingerprint density at radius 1 is 1.08 bits per heavy atom. The van der Waals surface area contributed by atoms with Gasteiger partial charge in [0.25, 0.3) is 0 Å². The number of aromatic nitrogens is 2. The van der Waals surface area contributed by atoms with E-state index in [0.717, 1.165) is 5.69 Å². The van der Waals surface area contributed by atoms with Gasteiger partial charge in [-0.25, -0.2) is 4.39 Å². The van der Waals surface area contributed by atoms with Crippen LogP contribution >= 0.6 is 0 Å². The maximum atomic E-state index is 12.7. The molecule has 0 bridgehead atoms. The summed E-state index contributed by atoms with van der Waals surface area (Å²) in [6.07, 6.45) is 2.11. The van der Waals surface area contributed by atoms with Gasteiger partial charge in [-0.2, -0.15) is 0 Å². The van der Waals surface area contributed by atoms with Crippen molar-refractivity contribution >= 4 is 0 Å². The standard InChI is InChI=1S/C9H13FN2/c1-6(2)8-4-12-9(5-11-8)7(3)10/h4-7H,1-3H3. The fourth-order valence-electron chi connectivity index (χ4n) is 0.852. The number of hydrogen-bond acceptors (Lipinski definition) is 2. The summed E-state index contributed by atoms with van der Waals surface area (Å²) < 4.78 is 12.7. The largest absolute Gasteiger partial charge is 0.257 e. The number of nitrogens with zero attached hydrogens (tertiary/aromatic N) is 2. The summed E-state index contributed by atoms with van der Waals surface area (Å²) in [6, 6.07) is 0. The van der Waals surface area contributed by atoms with Crippen LogP contribution in [0.1, 0.15) is 44.2 Å². The first kappa shape index (κ1) is 9.10. The fraction of sp³-hybridized carbons (Fsp3) is 0.556. The highest BCUT2D eigenvalue weighted by Gasteiger charge is 2.06. The van der Waals surface area contributed by atoms with Crippen molar-refractivity contribution in [2.75, 3.05) is 0 Å². The highest BCUT2D eigenvalue weighted by molar-refractivity contribution is 5.06. The van der Waals surface area contributed by atoms with E-state index < -0.39 is 6.17 Å². The van der Waals surface area contributed by atoms with Crippen LogP contribution in [0.5, 0.6) is 0 Å². The lowest BCUT2D eigenvalue weighted by molar-refractivity contribution is 0.364. The molecule has 1 rings (SSSR count). The molecule has 3 heteroatoms. The van der Waals surface area contributed by atoms with Crippen LogP contribution in [0.2, 0.25) is 0 Å². The van der Waals surface area contributed by atoms with Crippen molar-refractivity contribution < 1.29 is 4.39 Å². The highest BCUT2D eigenvalue weighted by Crippen LogP contribution is 2.14. The Balaban J connectivity index is 2.86. The van der Waals surface area contributed by atoms with Crippen molar-refractivity contribution in [3.8, 4) is 0 Å². The average molecular weight is 168 g/mol. The van der Waals surface area contributed by atoms with E-state index in [0.29, 0.717) is 11.6 Å². The molecule has 0 amide bonds. The maximum absolute atomic E-state index is 12.7. The Hall–Kier alpha value is -0.990. The van der Waals surface area contributed by atoms with Gasteiger partial charge < -0.3 is 0 Å². The predicted octanol–water partition coefficient (Wildman–Crippen LogP) is 2.63. The molecule has 12 heavy (non-hydrogen) atoms. The van der Waals surface area contributed by atoms with Gasteiger partial charge in [-0.05, 0) is 12.8 Å². The van der Waals surface area contributed by atoms with Crippen molar-refractivity contribution in [2.45, 2.75) is 32.9 Å². The molecule has 0 aromatic carbocycles. The molecule has 0 spiro atoms. The van der Waals surface area contributed by atoms with Gasteiger partial charge in [-0.15, -0.1) is 0 Å². The Bertz CT molecular complexity index is 214. The summed E-state index contributed by atoms with van der Waals surface area (Å²) in [4.78, 5) is 8.06. The molecule has 1 aromatic rings. The van der Waals surface area contributed by atoms with Gasteiger partial charge >= 0.3 is 0 Å². The second-order valence-corrected chi connectivity index (χ2v) is 3.14. The van der Waals surface area contributed by atoms with Crippen LogP contribution in [-0.2, 0) is 0 Å². The van der Waals surface area contributed by atoms with Crippen LogP contribution in [0.4, 0.5) is 4.39 Å². The Kier molecular flexibility index (Phi) is 2.74. The normalized spacial score (nSPS) is 13.4. The zero-order valence-corrected chi connectivity index (χ0v) is 7.58. The average Bonchev–Trinajstić information content (AvgIpc) is 2.04. The van der Waals surface area contributed by atoms with Crippen molar-refractivity contribution in [2.24, 2.45) is 0 Å². The second kappa shape index (κ2) is 3.61. The summed E-state index contributed by atoms with van der Waals surface area (Å²) in [6.45, 7) is 5.52. The van der Waals surface area contributed by atoms with Crippen LogP contribution in [-0.4, -0.2) is 9.97 Å². The number of hydrogen-bond donors (Lipinski definition) is 0. The molecule has 0 fully saturated rings. The summed E-state index contributed by atoms with van der Waals surface area (Å²) in [7, 11) is 0. The SMILES string of the molecule is CC(C)c1cnc(C(C)F)cn1. The summed E-state index contributed by atoms with van der Waals surface area (Å²) in [5.74, 6) is 0.349. The lowest BCUT2D eigenvalue weighted by Gasteiger charge is -2.04. The first-order chi connectivity index (χ1) is 5.61. The molecule has 1 atom stereocenters. The molecule has 0 aliphatic rings. The smallest absolute Gasteiger partial charge is 0.141 e. The maximum Gasteiger partial charge on any atom is 0.141 e. The van der Waals surface area contributed by atoms with Crippen LogP contribution < -0.4 is 0 Å². The third kappa shape index (κ3) is 2.00. The Morgan fingerprint density at radius 2 is 1.58 bits per heavy atom. The molecule has 0 N–H and O–H groups in total. The van der Waals surface area contributed by atoms with E-state index in [-0.39, 0.29) is 0 Å². The van der Waals surface area contributed by atoms with Gasteiger partial charge in [0.05, 0.1) is 17.6 Å². The van der Waals surface area contributed by atoms with Gasteiger partial charge in [0.1, 0.15) is 6.17 Å². The van der Waals surface area contributed by atoms with Crippen molar-refractivity contribution in [3.63, 3.8) is 0 Å². The molecule has 0 saturated carbocycles. The van der Waals surface area contributed by atoms with Gasteiger partial charge in [-0.3, -0.25) is 9.97 Å².